The molecule has 5 heteroatoms. The van der Waals surface area contributed by atoms with Crippen molar-refractivity contribution in [2.75, 3.05) is 0 Å². The Kier molecular flexibility index (Phi) is 3.33. The summed E-state index contributed by atoms with van der Waals surface area (Å²) >= 11 is 1.65. The lowest BCUT2D eigenvalue weighted by Crippen LogP contribution is -2.29. The van der Waals surface area contributed by atoms with Crippen LogP contribution >= 0.6 is 11.3 Å². The van der Waals surface area contributed by atoms with Crippen LogP contribution in [-0.4, -0.2) is 4.98 Å². The lowest BCUT2D eigenvalue weighted by molar-refractivity contribution is 0.434. The normalized spacial score (nSPS) is 12.9. The maximum atomic E-state index is 5.83. The first-order valence-electron chi connectivity index (χ1n) is 6.12. The predicted octanol–water partition coefficient (Wildman–Crippen LogP) is 2.94. The molecule has 0 aliphatic heterocycles. The number of nitrogens with two attached hydrogens (primary N) is 1. The van der Waals surface area contributed by atoms with Gasteiger partial charge in [0.1, 0.15) is 11.3 Å². The highest BCUT2D eigenvalue weighted by atomic mass is 32.1. The average molecular weight is 273 g/mol. The van der Waals surface area contributed by atoms with Crippen LogP contribution in [0, 0.1) is 6.92 Å². The summed E-state index contributed by atoms with van der Waals surface area (Å²) in [5.74, 6) is 6.49. The van der Waals surface area contributed by atoms with E-state index in [2.05, 4.69) is 10.4 Å². The summed E-state index contributed by atoms with van der Waals surface area (Å²) in [6.45, 7) is 1.99. The number of hydrazine groups is 1. The van der Waals surface area contributed by atoms with Gasteiger partial charge in [0, 0.05) is 22.9 Å². The van der Waals surface area contributed by atoms with Crippen LogP contribution in [0.1, 0.15) is 22.5 Å². The van der Waals surface area contributed by atoms with Crippen LogP contribution in [0.3, 0.4) is 0 Å². The van der Waals surface area contributed by atoms with Gasteiger partial charge in [0.05, 0.1) is 11.0 Å². The molecule has 2 aromatic heterocycles. The minimum atomic E-state index is -0.0575. The van der Waals surface area contributed by atoms with Crippen molar-refractivity contribution in [1.29, 1.82) is 0 Å². The van der Waals surface area contributed by atoms with E-state index in [0.29, 0.717) is 0 Å². The molecule has 0 aliphatic carbocycles. The van der Waals surface area contributed by atoms with E-state index in [0.717, 1.165) is 33.9 Å². The fourth-order valence-corrected chi connectivity index (χ4v) is 2.91. The van der Waals surface area contributed by atoms with Gasteiger partial charge in [-0.25, -0.2) is 10.4 Å². The topological polar surface area (TPSA) is 64.1 Å². The molecule has 0 amide bonds. The minimum absolute atomic E-state index is 0.0575. The molecule has 19 heavy (non-hydrogen) atoms. The van der Waals surface area contributed by atoms with Crippen molar-refractivity contribution in [1.82, 2.24) is 10.4 Å². The van der Waals surface area contributed by atoms with Gasteiger partial charge in [-0.05, 0) is 19.1 Å². The largest absolute Gasteiger partial charge is 0.459 e. The first kappa shape index (κ1) is 12.3. The summed E-state index contributed by atoms with van der Waals surface area (Å²) in [5.41, 5.74) is 4.73. The first-order chi connectivity index (χ1) is 9.26. The molecule has 0 saturated carbocycles. The highest BCUT2D eigenvalue weighted by molar-refractivity contribution is 7.09. The lowest BCUT2D eigenvalue weighted by atomic mass is 10.1. The maximum absolute atomic E-state index is 5.83. The second-order valence-corrected chi connectivity index (χ2v) is 5.44. The second-order valence-electron chi connectivity index (χ2n) is 4.49. The highest BCUT2D eigenvalue weighted by Gasteiger charge is 2.17. The van der Waals surface area contributed by atoms with Crippen molar-refractivity contribution >= 4 is 22.3 Å². The molecule has 1 atom stereocenters. The fourth-order valence-electron chi connectivity index (χ4n) is 2.09. The monoisotopic (exact) mass is 273 g/mol. The van der Waals surface area contributed by atoms with Gasteiger partial charge in [-0.2, -0.15) is 0 Å². The van der Waals surface area contributed by atoms with Gasteiger partial charge in [-0.15, -0.1) is 11.3 Å². The van der Waals surface area contributed by atoms with Crippen molar-refractivity contribution in [3.63, 3.8) is 0 Å². The average Bonchev–Trinajstić information content (AvgIpc) is 3.01. The molecule has 4 nitrogen and oxygen atoms in total. The van der Waals surface area contributed by atoms with Gasteiger partial charge in [-0.1, -0.05) is 18.2 Å². The number of hydrogen-bond acceptors (Lipinski definition) is 5. The molecular weight excluding hydrogens is 258 g/mol. The Hall–Kier alpha value is -1.69. The van der Waals surface area contributed by atoms with Crippen LogP contribution in [0.4, 0.5) is 0 Å². The number of aromatic nitrogens is 1. The number of para-hydroxylation sites is 1. The standard InChI is InChI=1S/C14H15N3OS/c1-9-8-19-14(16-9)7-11(17-15)13-6-10-4-2-3-5-12(10)18-13/h2-6,8,11,17H,7,15H2,1H3. The molecular formula is C14H15N3OS. The molecule has 3 aromatic rings. The lowest BCUT2D eigenvalue weighted by Gasteiger charge is -2.10. The SMILES string of the molecule is Cc1csc(CC(NN)c2cc3ccccc3o2)n1. The smallest absolute Gasteiger partial charge is 0.134 e. The van der Waals surface area contributed by atoms with Crippen LogP contribution in [0.25, 0.3) is 11.0 Å². The zero-order chi connectivity index (χ0) is 13.2. The molecule has 3 rings (SSSR count). The molecule has 0 bridgehead atoms. The first-order valence-corrected chi connectivity index (χ1v) is 7.00. The van der Waals surface area contributed by atoms with E-state index in [1.807, 2.05) is 42.6 Å². The van der Waals surface area contributed by atoms with Gasteiger partial charge in [0.2, 0.25) is 0 Å². The Bertz CT molecular complexity index is 656. The summed E-state index contributed by atoms with van der Waals surface area (Å²) in [6, 6.07) is 9.92. The molecule has 0 spiro atoms. The van der Waals surface area contributed by atoms with E-state index in [1.165, 1.54) is 0 Å². The van der Waals surface area contributed by atoms with E-state index in [-0.39, 0.29) is 6.04 Å². The van der Waals surface area contributed by atoms with E-state index in [4.69, 9.17) is 10.3 Å². The number of nitrogens with one attached hydrogen (secondary N) is 1. The van der Waals surface area contributed by atoms with Crippen LogP contribution in [0.15, 0.2) is 40.1 Å². The Morgan fingerprint density at radius 1 is 1.42 bits per heavy atom. The highest BCUT2D eigenvalue weighted by Crippen LogP contribution is 2.26. The third-order valence-corrected chi connectivity index (χ3v) is 4.02. The number of nitrogens with zero attached hydrogens (tertiary/aromatic N) is 1. The van der Waals surface area contributed by atoms with Crippen LogP contribution in [0.2, 0.25) is 0 Å². The van der Waals surface area contributed by atoms with E-state index in [1.54, 1.807) is 11.3 Å². The van der Waals surface area contributed by atoms with Crippen molar-refractivity contribution in [3.8, 4) is 0 Å². The number of rotatable bonds is 4. The zero-order valence-corrected chi connectivity index (χ0v) is 11.4. The summed E-state index contributed by atoms with van der Waals surface area (Å²) in [5, 5.41) is 4.19. The summed E-state index contributed by atoms with van der Waals surface area (Å²) < 4.78 is 5.83. The van der Waals surface area contributed by atoms with E-state index >= 15 is 0 Å². The molecule has 1 unspecified atom stereocenters. The molecule has 3 N–H and O–H groups in total. The molecule has 1 aromatic carbocycles. The number of furan rings is 1. The third kappa shape index (κ3) is 2.53. The summed E-state index contributed by atoms with van der Waals surface area (Å²) in [6.07, 6.45) is 0.731. The van der Waals surface area contributed by atoms with Crippen molar-refractivity contribution in [3.05, 3.63) is 52.2 Å². The van der Waals surface area contributed by atoms with Gasteiger partial charge in [0.15, 0.2) is 0 Å². The van der Waals surface area contributed by atoms with Crippen LogP contribution in [-0.2, 0) is 6.42 Å². The molecule has 0 radical (unpaired) electrons. The van der Waals surface area contributed by atoms with Gasteiger partial charge >= 0.3 is 0 Å². The van der Waals surface area contributed by atoms with Crippen molar-refractivity contribution in [2.45, 2.75) is 19.4 Å². The van der Waals surface area contributed by atoms with E-state index in [9.17, 15) is 0 Å². The van der Waals surface area contributed by atoms with Gasteiger partial charge in [0.25, 0.3) is 0 Å². The number of thiazole rings is 1. The summed E-state index contributed by atoms with van der Waals surface area (Å²) in [7, 11) is 0. The third-order valence-electron chi connectivity index (χ3n) is 3.03. The van der Waals surface area contributed by atoms with Crippen molar-refractivity contribution in [2.24, 2.45) is 5.84 Å². The Balaban J connectivity index is 1.88. The van der Waals surface area contributed by atoms with E-state index < -0.39 is 0 Å². The quantitative estimate of drug-likeness (QED) is 0.566. The molecule has 98 valence electrons. The molecule has 2 heterocycles. The summed E-state index contributed by atoms with van der Waals surface area (Å²) in [4.78, 5) is 4.46. The Morgan fingerprint density at radius 3 is 2.95 bits per heavy atom. The van der Waals surface area contributed by atoms with Gasteiger partial charge < -0.3 is 4.42 Å². The van der Waals surface area contributed by atoms with Crippen LogP contribution < -0.4 is 11.3 Å². The number of hydrogen-bond donors (Lipinski definition) is 2. The second kappa shape index (κ2) is 5.13. The number of aryl methyl sites for hydroxylation is 1. The number of fused-ring (bicyclic) bond motifs is 1. The molecule has 0 saturated heterocycles. The minimum Gasteiger partial charge on any atom is -0.459 e. The van der Waals surface area contributed by atoms with Crippen LogP contribution in [0.5, 0.6) is 0 Å². The predicted molar refractivity (Wildman–Crippen MR) is 76.8 cm³/mol. The maximum Gasteiger partial charge on any atom is 0.134 e. The Morgan fingerprint density at radius 2 is 2.26 bits per heavy atom. The number of benzene rings is 1. The Labute approximate surface area is 115 Å². The van der Waals surface area contributed by atoms with Gasteiger partial charge in [-0.3, -0.25) is 5.84 Å². The zero-order valence-electron chi connectivity index (χ0n) is 10.6. The molecule has 0 fully saturated rings. The molecule has 0 aliphatic rings. The van der Waals surface area contributed by atoms with Crippen molar-refractivity contribution < 1.29 is 4.42 Å². The fraction of sp³-hybridized carbons (Fsp3) is 0.214.